The molecule has 0 heterocycles. The summed E-state index contributed by atoms with van der Waals surface area (Å²) in [6, 6.07) is 6.20. The molecule has 0 radical (unpaired) electrons. The molecule has 1 fully saturated rings. The number of nitrogens with one attached hydrogen (secondary N) is 1. The van der Waals surface area contributed by atoms with E-state index in [1.54, 1.807) is 0 Å². The van der Waals surface area contributed by atoms with Crippen molar-refractivity contribution in [1.29, 1.82) is 0 Å². The van der Waals surface area contributed by atoms with Gasteiger partial charge in [-0.1, -0.05) is 0 Å². The molecule has 118 valence electrons. The summed E-state index contributed by atoms with van der Waals surface area (Å²) in [5, 5.41) is 3.29. The third-order valence-electron chi connectivity index (χ3n) is 5.95. The minimum atomic E-state index is -1.50. The maximum absolute atomic E-state index is 13.0. The first kappa shape index (κ1) is 16.5. The first-order valence-corrected chi connectivity index (χ1v) is 11.0. The predicted molar refractivity (Wildman–Crippen MR) is 96.4 cm³/mol. The van der Waals surface area contributed by atoms with E-state index in [4.69, 9.17) is 0 Å². The molecule has 3 heteroatoms. The average molecular weight is 307 g/mol. The van der Waals surface area contributed by atoms with Crippen molar-refractivity contribution >= 4 is 18.9 Å². The van der Waals surface area contributed by atoms with Crippen LogP contribution >= 0.6 is 7.26 Å². The molecule has 1 amide bonds. The summed E-state index contributed by atoms with van der Waals surface area (Å²) >= 11 is 0. The molecule has 1 aliphatic carbocycles. The van der Waals surface area contributed by atoms with Crippen LogP contribution in [0.4, 0.5) is 5.69 Å². The zero-order chi connectivity index (χ0) is 15.7. The first-order chi connectivity index (χ1) is 9.96. The van der Waals surface area contributed by atoms with Crippen LogP contribution < -0.4 is 5.32 Å². The number of para-hydroxylation sites is 1. The number of carbonyl (C=O) groups is 1. The monoisotopic (exact) mass is 307 g/mol. The number of aryl methyl sites for hydroxylation is 2. The van der Waals surface area contributed by atoms with Crippen molar-refractivity contribution in [2.45, 2.75) is 52.6 Å². The molecule has 1 aromatic rings. The third-order valence-corrected chi connectivity index (χ3v) is 12.8. The van der Waals surface area contributed by atoms with Crippen LogP contribution in [0.3, 0.4) is 0 Å². The first-order valence-electron chi connectivity index (χ1n) is 8.34. The molecular weight excluding hydrogens is 277 g/mol. The topological polar surface area (TPSA) is 29.1 Å². The molecule has 0 saturated heterocycles. The van der Waals surface area contributed by atoms with Crippen LogP contribution in [0.15, 0.2) is 18.2 Å². The zero-order valence-corrected chi connectivity index (χ0v) is 15.2. The Hall–Kier alpha value is -0.880. The summed E-state index contributed by atoms with van der Waals surface area (Å²) in [4.78, 5) is 13.0. The molecule has 1 saturated carbocycles. The fraction of sp³-hybridized carbons (Fsp3) is 0.611. The number of anilines is 1. The van der Waals surface area contributed by atoms with E-state index in [1.807, 2.05) is 0 Å². The summed E-state index contributed by atoms with van der Waals surface area (Å²) in [6.07, 6.45) is 5.87. The van der Waals surface area contributed by atoms with Gasteiger partial charge in [-0.3, -0.25) is 0 Å². The van der Waals surface area contributed by atoms with Crippen LogP contribution in [0.5, 0.6) is 0 Å². The molecule has 0 atom stereocenters. The van der Waals surface area contributed by atoms with Gasteiger partial charge in [0.1, 0.15) is 0 Å². The average Bonchev–Trinajstić information content (AvgIpc) is 3.27. The third kappa shape index (κ3) is 2.63. The second kappa shape index (κ2) is 6.08. The molecule has 2 nitrogen and oxygen atoms in total. The van der Waals surface area contributed by atoms with Gasteiger partial charge in [0, 0.05) is 0 Å². The van der Waals surface area contributed by atoms with E-state index in [9.17, 15) is 4.79 Å². The van der Waals surface area contributed by atoms with Gasteiger partial charge in [-0.25, -0.2) is 0 Å². The Morgan fingerprint density at radius 2 is 1.57 bits per heavy atom. The van der Waals surface area contributed by atoms with E-state index in [1.165, 1.54) is 18.5 Å². The van der Waals surface area contributed by atoms with Crippen molar-refractivity contribution in [3.05, 3.63) is 29.3 Å². The van der Waals surface area contributed by atoms with E-state index in [0.29, 0.717) is 5.91 Å². The Kier molecular flexibility index (Phi) is 4.78. The van der Waals surface area contributed by atoms with Crippen molar-refractivity contribution in [3.8, 4) is 0 Å². The van der Waals surface area contributed by atoms with Crippen LogP contribution in [-0.2, 0) is 4.79 Å². The number of hydrogen-bond acceptors (Lipinski definition) is 1. The van der Waals surface area contributed by atoms with Crippen LogP contribution in [0.1, 0.15) is 44.7 Å². The summed E-state index contributed by atoms with van der Waals surface area (Å²) < 4.78 is 0. The molecule has 0 unspecified atom stereocenters. The van der Waals surface area contributed by atoms with E-state index in [2.05, 4.69) is 58.1 Å². The van der Waals surface area contributed by atoms with Gasteiger partial charge in [0.2, 0.25) is 0 Å². The van der Waals surface area contributed by atoms with Crippen molar-refractivity contribution in [1.82, 2.24) is 0 Å². The zero-order valence-electron chi connectivity index (χ0n) is 14.2. The summed E-state index contributed by atoms with van der Waals surface area (Å²) in [5.74, 6) is 0.303. The SMILES string of the molecule is CC[PH](CC)(CC)C1(C(=O)Nc2c(C)cccc2C)CC1. The van der Waals surface area contributed by atoms with Gasteiger partial charge < -0.3 is 0 Å². The quantitative estimate of drug-likeness (QED) is 0.766. The minimum absolute atomic E-state index is 0.0000283. The van der Waals surface area contributed by atoms with E-state index in [-0.39, 0.29) is 5.16 Å². The number of benzene rings is 1. The maximum atomic E-state index is 13.0. The normalized spacial score (nSPS) is 17.4. The summed E-state index contributed by atoms with van der Waals surface area (Å²) in [7, 11) is -1.50. The standard InChI is InChI=1S/C18H30NOP/c1-6-21(7-2,8-3)18(12-13-18)17(20)19-16-14(4)10-9-11-15(16)5/h9-11,21H,6-8,12-13H2,1-5H3,(H,19,20). The Balaban J connectivity index is 2.28. The van der Waals surface area contributed by atoms with Gasteiger partial charge in [0.05, 0.1) is 0 Å². The van der Waals surface area contributed by atoms with Gasteiger partial charge >= 0.3 is 129 Å². The molecule has 1 N–H and O–H groups in total. The number of amides is 1. The van der Waals surface area contributed by atoms with Gasteiger partial charge in [0.25, 0.3) is 0 Å². The molecule has 0 spiro atoms. The van der Waals surface area contributed by atoms with Crippen molar-refractivity contribution in [3.63, 3.8) is 0 Å². The van der Waals surface area contributed by atoms with Crippen LogP contribution in [0.2, 0.25) is 0 Å². The van der Waals surface area contributed by atoms with Gasteiger partial charge in [-0.05, 0) is 0 Å². The summed E-state index contributed by atoms with van der Waals surface area (Å²) in [6.45, 7) is 11.0. The fourth-order valence-corrected chi connectivity index (χ4v) is 9.39. The fourth-order valence-electron chi connectivity index (χ4n) is 4.13. The second-order valence-corrected chi connectivity index (χ2v) is 12.3. The second-order valence-electron chi connectivity index (χ2n) is 6.64. The summed E-state index contributed by atoms with van der Waals surface area (Å²) in [5.41, 5.74) is 3.35. The van der Waals surface area contributed by atoms with Gasteiger partial charge in [0.15, 0.2) is 0 Å². The molecule has 21 heavy (non-hydrogen) atoms. The number of hydrogen-bond donors (Lipinski definition) is 1. The van der Waals surface area contributed by atoms with Crippen LogP contribution in [-0.4, -0.2) is 29.5 Å². The van der Waals surface area contributed by atoms with Gasteiger partial charge in [-0.15, -0.1) is 0 Å². The molecule has 1 aliphatic rings. The molecular formula is C18H30NOP. The molecule has 0 bridgehead atoms. The van der Waals surface area contributed by atoms with Crippen LogP contribution in [0.25, 0.3) is 0 Å². The Morgan fingerprint density at radius 3 is 1.95 bits per heavy atom. The Bertz CT molecular complexity index is 502. The van der Waals surface area contributed by atoms with E-state index < -0.39 is 7.26 Å². The Labute approximate surface area is 130 Å². The number of rotatable bonds is 6. The molecule has 0 aliphatic heterocycles. The number of carbonyl (C=O) groups excluding carboxylic acids is 1. The van der Waals surface area contributed by atoms with Crippen molar-refractivity contribution in [2.75, 3.05) is 23.8 Å². The van der Waals surface area contributed by atoms with Crippen LogP contribution in [0, 0.1) is 13.8 Å². The van der Waals surface area contributed by atoms with E-state index in [0.717, 1.165) is 29.7 Å². The predicted octanol–water partition coefficient (Wildman–Crippen LogP) is 4.58. The molecule has 2 rings (SSSR count). The Morgan fingerprint density at radius 1 is 1.10 bits per heavy atom. The molecule has 0 aromatic heterocycles. The van der Waals surface area contributed by atoms with Gasteiger partial charge in [-0.2, -0.15) is 0 Å². The molecule has 1 aromatic carbocycles. The van der Waals surface area contributed by atoms with E-state index >= 15 is 0 Å². The van der Waals surface area contributed by atoms with Crippen molar-refractivity contribution < 1.29 is 4.79 Å². The van der Waals surface area contributed by atoms with Crippen molar-refractivity contribution in [2.24, 2.45) is 0 Å².